The van der Waals surface area contributed by atoms with Gasteiger partial charge < -0.3 is 9.80 Å². The number of carbonyl (C=O) groups excluding carboxylic acids is 2. The Kier molecular flexibility index (Phi) is 6.03. The van der Waals surface area contributed by atoms with Crippen LogP contribution in [-0.4, -0.2) is 57.3 Å². The zero-order valence-corrected chi connectivity index (χ0v) is 15.8. The molecule has 3 rings (SSSR count). The van der Waals surface area contributed by atoms with E-state index in [0.717, 1.165) is 38.8 Å². The maximum absolute atomic E-state index is 12.6. The van der Waals surface area contributed by atoms with Crippen LogP contribution in [0.1, 0.15) is 32.6 Å². The fraction of sp³-hybridized carbons (Fsp3) is 0.556. The van der Waals surface area contributed by atoms with Crippen LogP contribution in [0.15, 0.2) is 22.6 Å². The van der Waals surface area contributed by atoms with Crippen molar-refractivity contribution >= 4 is 33.4 Å². The smallest absolute Gasteiger partial charge is 0.262 e. The Morgan fingerprint density at radius 3 is 2.65 bits per heavy atom. The molecule has 2 aromatic rings. The summed E-state index contributed by atoms with van der Waals surface area (Å²) >= 11 is 1.40. The lowest BCUT2D eigenvalue weighted by atomic mass is 10.2. The number of carbonyl (C=O) groups is 2. The van der Waals surface area contributed by atoms with E-state index in [4.69, 9.17) is 0 Å². The number of amides is 2. The van der Waals surface area contributed by atoms with E-state index >= 15 is 0 Å². The number of thiophene rings is 1. The molecule has 0 bridgehead atoms. The second-order valence-electron chi connectivity index (χ2n) is 6.52. The second-order valence-corrected chi connectivity index (χ2v) is 7.41. The van der Waals surface area contributed by atoms with Gasteiger partial charge in [0.25, 0.3) is 5.56 Å². The third-order valence-electron chi connectivity index (χ3n) is 4.78. The molecule has 0 aromatic carbocycles. The van der Waals surface area contributed by atoms with E-state index in [1.807, 2.05) is 17.2 Å². The first-order valence-electron chi connectivity index (χ1n) is 9.08. The molecule has 7 nitrogen and oxygen atoms in total. The van der Waals surface area contributed by atoms with Gasteiger partial charge in [0.1, 0.15) is 11.4 Å². The van der Waals surface area contributed by atoms with E-state index in [9.17, 15) is 14.4 Å². The van der Waals surface area contributed by atoms with Crippen LogP contribution < -0.4 is 5.56 Å². The van der Waals surface area contributed by atoms with Gasteiger partial charge in [-0.1, -0.05) is 12.8 Å². The van der Waals surface area contributed by atoms with Crippen molar-refractivity contribution in [3.05, 3.63) is 28.1 Å². The first kappa shape index (κ1) is 18.6. The molecule has 0 atom stereocenters. The standard InChI is InChI=1S/C18H24N4O3S/c1-2-20(11-16(24)21-8-5-3-4-6-9-21)15(23)12-22-13-19-17-14(18(22)25)7-10-26-17/h7,10,13H,2-6,8-9,11-12H2,1H3. The first-order valence-corrected chi connectivity index (χ1v) is 9.96. The summed E-state index contributed by atoms with van der Waals surface area (Å²) in [7, 11) is 0. The summed E-state index contributed by atoms with van der Waals surface area (Å²) in [5.41, 5.74) is -0.223. The van der Waals surface area contributed by atoms with E-state index in [0.29, 0.717) is 16.8 Å². The molecule has 0 radical (unpaired) electrons. The van der Waals surface area contributed by atoms with Gasteiger partial charge in [0, 0.05) is 19.6 Å². The van der Waals surface area contributed by atoms with Gasteiger partial charge in [0.2, 0.25) is 11.8 Å². The maximum atomic E-state index is 12.6. The van der Waals surface area contributed by atoms with Gasteiger partial charge in [0.15, 0.2) is 0 Å². The molecule has 26 heavy (non-hydrogen) atoms. The third-order valence-corrected chi connectivity index (χ3v) is 5.60. The summed E-state index contributed by atoms with van der Waals surface area (Å²) < 4.78 is 1.32. The summed E-state index contributed by atoms with van der Waals surface area (Å²) in [5, 5.41) is 2.33. The van der Waals surface area contributed by atoms with Crippen molar-refractivity contribution in [2.45, 2.75) is 39.2 Å². The quantitative estimate of drug-likeness (QED) is 0.796. The predicted molar refractivity (Wildman–Crippen MR) is 101 cm³/mol. The number of nitrogens with zero attached hydrogens (tertiary/aromatic N) is 4. The van der Waals surface area contributed by atoms with Crippen LogP contribution in [-0.2, 0) is 16.1 Å². The molecule has 8 heteroatoms. The van der Waals surface area contributed by atoms with E-state index < -0.39 is 0 Å². The molecule has 1 saturated heterocycles. The fourth-order valence-electron chi connectivity index (χ4n) is 3.21. The Hall–Kier alpha value is -2.22. The molecule has 1 fully saturated rings. The molecule has 1 aliphatic heterocycles. The number of fused-ring (bicyclic) bond motifs is 1. The minimum absolute atomic E-state index is 0.0131. The van der Waals surface area contributed by atoms with Crippen LogP contribution in [0.2, 0.25) is 0 Å². The summed E-state index contributed by atoms with van der Waals surface area (Å²) in [6, 6.07) is 1.72. The Morgan fingerprint density at radius 2 is 1.96 bits per heavy atom. The highest BCUT2D eigenvalue weighted by atomic mass is 32.1. The number of likely N-dealkylation sites (tertiary alicyclic amines) is 1. The number of hydrogen-bond acceptors (Lipinski definition) is 5. The van der Waals surface area contributed by atoms with E-state index in [1.165, 1.54) is 27.1 Å². The molecule has 0 unspecified atom stereocenters. The first-order chi connectivity index (χ1) is 12.6. The van der Waals surface area contributed by atoms with Crippen molar-refractivity contribution in [2.75, 3.05) is 26.2 Å². The average Bonchev–Trinajstić information content (AvgIpc) is 2.95. The number of likely N-dealkylation sites (N-methyl/N-ethyl adjacent to an activating group) is 1. The predicted octanol–water partition coefficient (Wildman–Crippen LogP) is 1.71. The molecule has 0 saturated carbocycles. The average molecular weight is 376 g/mol. The largest absolute Gasteiger partial charge is 0.341 e. The molecule has 0 aliphatic carbocycles. The topological polar surface area (TPSA) is 75.5 Å². The normalized spacial score (nSPS) is 15.0. The third kappa shape index (κ3) is 4.12. The molecule has 3 heterocycles. The van der Waals surface area contributed by atoms with Crippen LogP contribution in [0.25, 0.3) is 10.2 Å². The van der Waals surface area contributed by atoms with Crippen LogP contribution in [0.4, 0.5) is 0 Å². The van der Waals surface area contributed by atoms with Gasteiger partial charge in [-0.15, -0.1) is 11.3 Å². The van der Waals surface area contributed by atoms with E-state index in [2.05, 4.69) is 4.98 Å². The number of hydrogen-bond donors (Lipinski definition) is 0. The Balaban J connectivity index is 1.66. The van der Waals surface area contributed by atoms with Crippen molar-refractivity contribution < 1.29 is 9.59 Å². The van der Waals surface area contributed by atoms with Crippen LogP contribution in [0.3, 0.4) is 0 Å². The Bertz CT molecular complexity index is 836. The van der Waals surface area contributed by atoms with Crippen LogP contribution >= 0.6 is 11.3 Å². The maximum Gasteiger partial charge on any atom is 0.262 e. The van der Waals surface area contributed by atoms with Gasteiger partial charge in [-0.3, -0.25) is 19.0 Å². The summed E-state index contributed by atoms with van der Waals surface area (Å²) in [6.45, 7) is 3.78. The van der Waals surface area contributed by atoms with Crippen molar-refractivity contribution in [3.63, 3.8) is 0 Å². The van der Waals surface area contributed by atoms with Gasteiger partial charge in [-0.05, 0) is 31.2 Å². The number of rotatable bonds is 5. The SMILES string of the molecule is CCN(CC(=O)N1CCCCCC1)C(=O)Cn1cnc2sccc2c1=O. The highest BCUT2D eigenvalue weighted by Crippen LogP contribution is 2.13. The molecule has 2 aromatic heterocycles. The molecular formula is C18H24N4O3S. The highest BCUT2D eigenvalue weighted by Gasteiger charge is 2.21. The number of aromatic nitrogens is 2. The second kappa shape index (κ2) is 8.44. The Labute approximate surface area is 156 Å². The van der Waals surface area contributed by atoms with Gasteiger partial charge in [-0.2, -0.15) is 0 Å². The zero-order valence-electron chi connectivity index (χ0n) is 15.0. The highest BCUT2D eigenvalue weighted by molar-refractivity contribution is 7.16. The molecule has 0 N–H and O–H groups in total. The van der Waals surface area contributed by atoms with Gasteiger partial charge >= 0.3 is 0 Å². The fourth-order valence-corrected chi connectivity index (χ4v) is 3.93. The Morgan fingerprint density at radius 1 is 1.23 bits per heavy atom. The zero-order chi connectivity index (χ0) is 18.5. The minimum Gasteiger partial charge on any atom is -0.341 e. The monoisotopic (exact) mass is 376 g/mol. The lowest BCUT2D eigenvalue weighted by Crippen LogP contribution is -2.44. The van der Waals surface area contributed by atoms with Crippen molar-refractivity contribution in [1.29, 1.82) is 0 Å². The van der Waals surface area contributed by atoms with Crippen molar-refractivity contribution in [1.82, 2.24) is 19.4 Å². The summed E-state index contributed by atoms with van der Waals surface area (Å²) in [6.07, 6.45) is 5.76. The summed E-state index contributed by atoms with van der Waals surface area (Å²) in [5.74, 6) is -0.255. The minimum atomic E-state index is -0.242. The van der Waals surface area contributed by atoms with Crippen LogP contribution in [0, 0.1) is 0 Å². The van der Waals surface area contributed by atoms with Crippen molar-refractivity contribution in [2.24, 2.45) is 0 Å². The lowest BCUT2D eigenvalue weighted by Gasteiger charge is -2.26. The van der Waals surface area contributed by atoms with Gasteiger partial charge in [-0.25, -0.2) is 4.98 Å². The molecule has 2 amide bonds. The van der Waals surface area contributed by atoms with E-state index in [-0.39, 0.29) is 30.5 Å². The van der Waals surface area contributed by atoms with Gasteiger partial charge in [0.05, 0.1) is 18.3 Å². The van der Waals surface area contributed by atoms with Crippen LogP contribution in [0.5, 0.6) is 0 Å². The molecule has 140 valence electrons. The van der Waals surface area contributed by atoms with E-state index in [1.54, 1.807) is 6.07 Å². The molecule has 1 aliphatic rings. The lowest BCUT2D eigenvalue weighted by molar-refractivity contribution is -0.140. The van der Waals surface area contributed by atoms with Crippen molar-refractivity contribution in [3.8, 4) is 0 Å². The molecule has 0 spiro atoms. The summed E-state index contributed by atoms with van der Waals surface area (Å²) in [4.78, 5) is 45.8. The molecular weight excluding hydrogens is 352 g/mol.